The standard InChI is InChI=1S/C22H23Cl2N5O2S/c1-2-19(25-22(31)32-12-11-15-7-4-3-5-8-15)20(30)14-29-27-21(26-28-29)13-16-17(23)9-6-10-18(16)24/h3-10,19H,2,11-14H2,1H3,(H,25,31). The number of nitrogens with zero attached hydrogens (tertiary/aromatic N) is 4. The molecule has 1 unspecified atom stereocenters. The normalized spacial score (nSPS) is 11.8. The lowest BCUT2D eigenvalue weighted by molar-refractivity contribution is -0.121. The number of carbonyl (C=O) groups is 2. The molecule has 1 N–H and O–H groups in total. The first-order valence-electron chi connectivity index (χ1n) is 10.2. The summed E-state index contributed by atoms with van der Waals surface area (Å²) in [4.78, 5) is 26.1. The molecule has 3 rings (SSSR count). The van der Waals surface area contributed by atoms with Crippen molar-refractivity contribution in [1.29, 1.82) is 0 Å². The van der Waals surface area contributed by atoms with Crippen molar-refractivity contribution in [2.75, 3.05) is 5.75 Å². The van der Waals surface area contributed by atoms with E-state index in [2.05, 4.69) is 20.7 Å². The highest BCUT2D eigenvalue weighted by Gasteiger charge is 2.21. The number of halogens is 2. The fourth-order valence-corrected chi connectivity index (χ4v) is 4.30. The van der Waals surface area contributed by atoms with Gasteiger partial charge in [0.25, 0.3) is 5.24 Å². The number of nitrogens with one attached hydrogen (secondary N) is 1. The Bertz CT molecular complexity index is 1040. The van der Waals surface area contributed by atoms with Gasteiger partial charge in [0.05, 0.1) is 6.04 Å². The maximum Gasteiger partial charge on any atom is 0.279 e. The van der Waals surface area contributed by atoms with Crippen LogP contribution in [-0.2, 0) is 24.2 Å². The molecule has 10 heteroatoms. The quantitative estimate of drug-likeness (QED) is 0.445. The number of hydrogen-bond donors (Lipinski definition) is 1. The number of amides is 1. The molecule has 1 atom stereocenters. The number of benzene rings is 2. The van der Waals surface area contributed by atoms with Crippen molar-refractivity contribution in [2.45, 2.75) is 38.8 Å². The predicted molar refractivity (Wildman–Crippen MR) is 127 cm³/mol. The van der Waals surface area contributed by atoms with E-state index in [1.165, 1.54) is 22.1 Å². The highest BCUT2D eigenvalue weighted by molar-refractivity contribution is 8.13. The number of hydrogen-bond acceptors (Lipinski definition) is 6. The van der Waals surface area contributed by atoms with E-state index < -0.39 is 6.04 Å². The summed E-state index contributed by atoms with van der Waals surface area (Å²) in [6, 6.07) is 14.6. The van der Waals surface area contributed by atoms with E-state index in [1.54, 1.807) is 18.2 Å². The fraction of sp³-hybridized carbons (Fsp3) is 0.318. The van der Waals surface area contributed by atoms with Crippen molar-refractivity contribution in [3.8, 4) is 0 Å². The van der Waals surface area contributed by atoms with Gasteiger partial charge in [-0.3, -0.25) is 9.59 Å². The van der Waals surface area contributed by atoms with Crippen molar-refractivity contribution in [1.82, 2.24) is 25.5 Å². The molecular weight excluding hydrogens is 469 g/mol. The van der Waals surface area contributed by atoms with Gasteiger partial charge in [0.1, 0.15) is 6.54 Å². The highest BCUT2D eigenvalue weighted by Crippen LogP contribution is 2.25. The first-order chi connectivity index (χ1) is 15.5. The Morgan fingerprint density at radius 2 is 1.81 bits per heavy atom. The lowest BCUT2D eigenvalue weighted by Crippen LogP contribution is -2.40. The average molecular weight is 492 g/mol. The number of ketones is 1. The van der Waals surface area contributed by atoms with Crippen LogP contribution in [-0.4, -0.2) is 43.0 Å². The molecule has 0 aliphatic carbocycles. The topological polar surface area (TPSA) is 89.8 Å². The molecule has 3 aromatic rings. The van der Waals surface area contributed by atoms with Crippen molar-refractivity contribution >= 4 is 46.0 Å². The number of thioether (sulfide) groups is 1. The Balaban J connectivity index is 1.50. The SMILES string of the molecule is CCC(NC(=O)SCCc1ccccc1)C(=O)Cn1nnc(Cc2c(Cl)cccc2Cl)n1. The minimum Gasteiger partial charge on any atom is -0.337 e. The van der Waals surface area contributed by atoms with Crippen molar-refractivity contribution in [3.63, 3.8) is 0 Å². The summed E-state index contributed by atoms with van der Waals surface area (Å²) in [6.45, 7) is 1.76. The van der Waals surface area contributed by atoms with Gasteiger partial charge in [-0.15, -0.1) is 10.2 Å². The maximum absolute atomic E-state index is 12.7. The van der Waals surface area contributed by atoms with E-state index in [0.717, 1.165) is 6.42 Å². The van der Waals surface area contributed by atoms with E-state index in [1.807, 2.05) is 37.3 Å². The minimum atomic E-state index is -0.612. The van der Waals surface area contributed by atoms with Crippen LogP contribution < -0.4 is 5.32 Å². The van der Waals surface area contributed by atoms with Crippen molar-refractivity contribution in [2.24, 2.45) is 0 Å². The molecule has 1 heterocycles. The Labute approximate surface area is 200 Å². The molecule has 0 saturated carbocycles. The van der Waals surface area contributed by atoms with Gasteiger partial charge < -0.3 is 5.32 Å². The molecule has 0 aliphatic heterocycles. The zero-order valence-corrected chi connectivity index (χ0v) is 19.8. The Morgan fingerprint density at radius 1 is 1.09 bits per heavy atom. The van der Waals surface area contributed by atoms with Crippen LogP contribution >= 0.6 is 35.0 Å². The molecule has 0 fully saturated rings. The molecule has 1 aromatic heterocycles. The summed E-state index contributed by atoms with van der Waals surface area (Å²) in [6.07, 6.45) is 1.56. The highest BCUT2D eigenvalue weighted by atomic mass is 35.5. The largest absolute Gasteiger partial charge is 0.337 e. The average Bonchev–Trinajstić information content (AvgIpc) is 3.22. The monoisotopic (exact) mass is 491 g/mol. The number of carbonyl (C=O) groups excluding carboxylic acids is 2. The molecule has 168 valence electrons. The van der Waals surface area contributed by atoms with Gasteiger partial charge in [-0.25, -0.2) is 0 Å². The lowest BCUT2D eigenvalue weighted by atomic mass is 10.1. The first-order valence-corrected chi connectivity index (χ1v) is 11.9. The molecule has 2 aromatic carbocycles. The Hall–Kier alpha value is -2.42. The van der Waals surface area contributed by atoms with E-state index in [4.69, 9.17) is 23.2 Å². The van der Waals surface area contributed by atoms with Gasteiger partial charge in [-0.05, 0) is 41.3 Å². The number of aryl methyl sites for hydroxylation is 1. The molecular formula is C22H23Cl2N5O2S. The van der Waals surface area contributed by atoms with Crippen LogP contribution in [0.2, 0.25) is 10.0 Å². The zero-order chi connectivity index (χ0) is 22.9. The molecule has 7 nitrogen and oxygen atoms in total. The summed E-state index contributed by atoms with van der Waals surface area (Å²) in [5.74, 6) is 0.851. The molecule has 1 amide bonds. The van der Waals surface area contributed by atoms with Gasteiger partial charge in [0.15, 0.2) is 11.6 Å². The summed E-state index contributed by atoms with van der Waals surface area (Å²) >= 11 is 13.5. The third-order valence-electron chi connectivity index (χ3n) is 4.74. The van der Waals surface area contributed by atoms with E-state index in [-0.39, 0.29) is 17.6 Å². The molecule has 0 spiro atoms. The van der Waals surface area contributed by atoms with Crippen LogP contribution in [0.25, 0.3) is 0 Å². The van der Waals surface area contributed by atoms with Crippen molar-refractivity contribution < 1.29 is 9.59 Å². The maximum atomic E-state index is 12.7. The third kappa shape index (κ3) is 7.05. The Kier molecular flexibility index (Phi) is 9.08. The summed E-state index contributed by atoms with van der Waals surface area (Å²) in [7, 11) is 0. The smallest absolute Gasteiger partial charge is 0.279 e. The molecule has 0 aliphatic rings. The van der Waals surface area contributed by atoms with Crippen LogP contribution in [0.4, 0.5) is 4.79 Å². The van der Waals surface area contributed by atoms with Crippen LogP contribution in [0.3, 0.4) is 0 Å². The molecule has 32 heavy (non-hydrogen) atoms. The molecule has 0 bridgehead atoms. The Morgan fingerprint density at radius 3 is 2.50 bits per heavy atom. The van der Waals surface area contributed by atoms with Gasteiger partial charge >= 0.3 is 0 Å². The van der Waals surface area contributed by atoms with Crippen LogP contribution in [0.1, 0.15) is 30.3 Å². The van der Waals surface area contributed by atoms with Gasteiger partial charge in [-0.2, -0.15) is 4.80 Å². The second kappa shape index (κ2) is 12.0. The van der Waals surface area contributed by atoms with Crippen LogP contribution in [0, 0.1) is 0 Å². The molecule has 0 radical (unpaired) electrons. The van der Waals surface area contributed by atoms with E-state index in [0.29, 0.717) is 40.0 Å². The first kappa shape index (κ1) is 24.2. The van der Waals surface area contributed by atoms with Gasteiger partial charge in [0, 0.05) is 22.2 Å². The number of aromatic nitrogens is 4. The van der Waals surface area contributed by atoms with E-state index in [9.17, 15) is 9.59 Å². The minimum absolute atomic E-state index is 0.0866. The number of tetrazole rings is 1. The molecule has 0 saturated heterocycles. The summed E-state index contributed by atoms with van der Waals surface area (Å²) < 4.78 is 0. The second-order valence-corrected chi connectivity index (χ2v) is 8.94. The predicted octanol–water partition coefficient (Wildman–Crippen LogP) is 4.60. The van der Waals surface area contributed by atoms with Gasteiger partial charge in [0.2, 0.25) is 0 Å². The van der Waals surface area contributed by atoms with Gasteiger partial charge in [-0.1, -0.05) is 78.3 Å². The number of rotatable bonds is 10. The summed E-state index contributed by atoms with van der Waals surface area (Å²) in [5, 5.41) is 15.8. The summed E-state index contributed by atoms with van der Waals surface area (Å²) in [5.41, 5.74) is 1.87. The number of Topliss-reactive ketones (excluding diaryl/α,β-unsaturated/α-hetero) is 1. The van der Waals surface area contributed by atoms with Crippen molar-refractivity contribution in [3.05, 3.63) is 75.5 Å². The van der Waals surface area contributed by atoms with Crippen LogP contribution in [0.15, 0.2) is 48.5 Å². The van der Waals surface area contributed by atoms with E-state index >= 15 is 0 Å². The fourth-order valence-electron chi connectivity index (χ4n) is 3.02. The zero-order valence-electron chi connectivity index (χ0n) is 17.5. The van der Waals surface area contributed by atoms with Crippen LogP contribution in [0.5, 0.6) is 0 Å². The second-order valence-electron chi connectivity index (χ2n) is 7.06. The third-order valence-corrected chi connectivity index (χ3v) is 6.24. The lowest BCUT2D eigenvalue weighted by Gasteiger charge is -2.15.